The average molecular weight is 423 g/mol. The van der Waals surface area contributed by atoms with Crippen LogP contribution in [0.4, 0.5) is 4.79 Å². The molecule has 30 heavy (non-hydrogen) atoms. The Bertz CT molecular complexity index is 1030. The van der Waals surface area contributed by atoms with Crippen LogP contribution in [-0.4, -0.2) is 70.6 Å². The Morgan fingerprint density at radius 3 is 2.73 bits per heavy atom. The summed E-state index contributed by atoms with van der Waals surface area (Å²) in [7, 11) is 2.60. The Balaban J connectivity index is 2.08. The number of aromatic amines is 1. The minimum absolute atomic E-state index is 0.0457. The number of imidazole rings is 1. The third kappa shape index (κ3) is 4.40. The fourth-order valence-corrected chi connectivity index (χ4v) is 3.13. The number of methoxy groups -OCH3 is 2. The zero-order chi connectivity index (χ0) is 21.8. The topological polar surface area (TPSA) is 156 Å². The van der Waals surface area contributed by atoms with Crippen LogP contribution in [-0.2, 0) is 28.5 Å². The molecule has 3 atom stereocenters. The largest absolute Gasteiger partial charge is 0.508 e. The van der Waals surface area contributed by atoms with Crippen molar-refractivity contribution in [1.82, 2.24) is 19.5 Å². The number of nitrogens with one attached hydrogen (secondary N) is 1. The molecule has 1 aliphatic heterocycles. The van der Waals surface area contributed by atoms with Crippen LogP contribution in [0.15, 0.2) is 11.3 Å². The SMILES string of the molecule is COC(=O)OC[C@@H]1C[C@@H](OC(C)=O)[C@H](n2c(OC)c3[nH]cnc3nc2=NC(C)=O)O1. The van der Waals surface area contributed by atoms with Crippen LogP contribution in [0.2, 0.25) is 0 Å². The van der Waals surface area contributed by atoms with E-state index in [1.165, 1.54) is 39.0 Å². The van der Waals surface area contributed by atoms with Crippen molar-refractivity contribution < 1.29 is 38.1 Å². The van der Waals surface area contributed by atoms with E-state index in [9.17, 15) is 14.4 Å². The normalized spacial score (nSPS) is 21.5. The Kier molecular flexibility index (Phi) is 6.30. The van der Waals surface area contributed by atoms with E-state index in [0.717, 1.165) is 0 Å². The molecule has 1 saturated heterocycles. The third-order valence-corrected chi connectivity index (χ3v) is 4.19. The molecule has 13 heteroatoms. The van der Waals surface area contributed by atoms with Gasteiger partial charge in [-0.15, -0.1) is 0 Å². The predicted octanol–water partition coefficient (Wildman–Crippen LogP) is 0.217. The maximum Gasteiger partial charge on any atom is 0.508 e. The lowest BCUT2D eigenvalue weighted by Gasteiger charge is -2.23. The molecule has 0 radical (unpaired) electrons. The summed E-state index contributed by atoms with van der Waals surface area (Å²) < 4.78 is 27.7. The van der Waals surface area contributed by atoms with E-state index in [2.05, 4.69) is 24.7 Å². The van der Waals surface area contributed by atoms with Crippen molar-refractivity contribution in [2.24, 2.45) is 4.99 Å². The molecule has 1 fully saturated rings. The van der Waals surface area contributed by atoms with Crippen molar-refractivity contribution >= 4 is 29.2 Å². The molecule has 3 heterocycles. The summed E-state index contributed by atoms with van der Waals surface area (Å²) in [6, 6.07) is 0. The van der Waals surface area contributed by atoms with Crippen LogP contribution in [0.5, 0.6) is 5.88 Å². The summed E-state index contributed by atoms with van der Waals surface area (Å²) in [5, 5.41) is 0. The molecule has 3 rings (SSSR count). The zero-order valence-electron chi connectivity index (χ0n) is 16.8. The summed E-state index contributed by atoms with van der Waals surface area (Å²) in [6.45, 7) is 2.39. The van der Waals surface area contributed by atoms with Crippen molar-refractivity contribution in [3.8, 4) is 5.88 Å². The summed E-state index contributed by atoms with van der Waals surface area (Å²) >= 11 is 0. The summed E-state index contributed by atoms with van der Waals surface area (Å²) in [4.78, 5) is 49.8. The van der Waals surface area contributed by atoms with Crippen LogP contribution >= 0.6 is 0 Å². The highest BCUT2D eigenvalue weighted by molar-refractivity contribution is 5.76. The molecule has 2 aromatic rings. The number of fused-ring (bicyclic) bond motifs is 1. The number of amides is 1. The van der Waals surface area contributed by atoms with Gasteiger partial charge in [0.15, 0.2) is 11.9 Å². The van der Waals surface area contributed by atoms with Crippen LogP contribution in [0.1, 0.15) is 26.5 Å². The van der Waals surface area contributed by atoms with Gasteiger partial charge in [-0.25, -0.2) is 14.3 Å². The number of carbonyl (C=O) groups excluding carboxylic acids is 3. The first kappa shape index (κ1) is 21.2. The Labute approximate surface area is 170 Å². The van der Waals surface area contributed by atoms with Crippen molar-refractivity contribution in [2.45, 2.75) is 38.7 Å². The lowest BCUT2D eigenvalue weighted by atomic mass is 10.2. The van der Waals surface area contributed by atoms with E-state index in [-0.39, 0.29) is 30.2 Å². The van der Waals surface area contributed by atoms with Crippen molar-refractivity contribution in [2.75, 3.05) is 20.8 Å². The Hall–Kier alpha value is -3.48. The first-order chi connectivity index (χ1) is 14.3. The number of rotatable bonds is 5. The van der Waals surface area contributed by atoms with Crippen LogP contribution in [0.3, 0.4) is 0 Å². The second-order valence-electron chi connectivity index (χ2n) is 6.32. The number of hydrogen-bond acceptors (Lipinski definition) is 10. The molecular weight excluding hydrogens is 402 g/mol. The van der Waals surface area contributed by atoms with Gasteiger partial charge in [0.05, 0.1) is 26.7 Å². The monoisotopic (exact) mass is 423 g/mol. The molecule has 0 bridgehead atoms. The van der Waals surface area contributed by atoms with Gasteiger partial charge in [0, 0.05) is 20.3 Å². The highest BCUT2D eigenvalue weighted by atomic mass is 16.7. The minimum Gasteiger partial charge on any atom is -0.480 e. The molecule has 0 aromatic carbocycles. The molecular formula is C17H21N5O8. The highest BCUT2D eigenvalue weighted by Crippen LogP contribution is 2.34. The first-order valence-electron chi connectivity index (χ1n) is 8.92. The van der Waals surface area contributed by atoms with Crippen LogP contribution in [0.25, 0.3) is 11.2 Å². The molecule has 1 amide bonds. The van der Waals surface area contributed by atoms with Gasteiger partial charge < -0.3 is 28.7 Å². The Morgan fingerprint density at radius 2 is 2.10 bits per heavy atom. The van der Waals surface area contributed by atoms with Gasteiger partial charge in [-0.1, -0.05) is 0 Å². The fourth-order valence-electron chi connectivity index (χ4n) is 3.13. The van der Waals surface area contributed by atoms with Gasteiger partial charge in [-0.3, -0.25) is 9.59 Å². The van der Waals surface area contributed by atoms with E-state index in [0.29, 0.717) is 5.52 Å². The molecule has 1 aliphatic rings. The van der Waals surface area contributed by atoms with Gasteiger partial charge in [-0.2, -0.15) is 9.98 Å². The predicted molar refractivity (Wildman–Crippen MR) is 97.1 cm³/mol. The second-order valence-corrected chi connectivity index (χ2v) is 6.32. The quantitative estimate of drug-likeness (QED) is 0.660. The zero-order valence-corrected chi connectivity index (χ0v) is 16.8. The number of carbonyl (C=O) groups is 3. The van der Waals surface area contributed by atoms with E-state index in [4.69, 9.17) is 18.9 Å². The van der Waals surface area contributed by atoms with Gasteiger partial charge >= 0.3 is 12.1 Å². The van der Waals surface area contributed by atoms with E-state index < -0.39 is 36.5 Å². The lowest BCUT2D eigenvalue weighted by Crippen LogP contribution is -2.36. The van der Waals surface area contributed by atoms with Gasteiger partial charge in [-0.05, 0) is 0 Å². The molecule has 162 valence electrons. The first-order valence-corrected chi connectivity index (χ1v) is 8.92. The molecule has 0 aliphatic carbocycles. The maximum atomic E-state index is 11.7. The smallest absolute Gasteiger partial charge is 0.480 e. The number of ether oxygens (including phenoxy) is 5. The summed E-state index contributed by atoms with van der Waals surface area (Å²) in [6.07, 6.45) is -1.64. The van der Waals surface area contributed by atoms with Crippen molar-refractivity contribution in [3.63, 3.8) is 0 Å². The van der Waals surface area contributed by atoms with Gasteiger partial charge in [0.2, 0.25) is 17.4 Å². The van der Waals surface area contributed by atoms with Crippen LogP contribution in [0, 0.1) is 0 Å². The van der Waals surface area contributed by atoms with Gasteiger partial charge in [0.1, 0.15) is 18.2 Å². The van der Waals surface area contributed by atoms with Crippen molar-refractivity contribution in [3.05, 3.63) is 11.9 Å². The summed E-state index contributed by atoms with van der Waals surface area (Å²) in [5.41, 5.74) is 0.658. The fraction of sp³-hybridized carbons (Fsp3) is 0.529. The van der Waals surface area contributed by atoms with E-state index >= 15 is 0 Å². The Morgan fingerprint density at radius 1 is 1.33 bits per heavy atom. The third-order valence-electron chi connectivity index (χ3n) is 4.19. The highest BCUT2D eigenvalue weighted by Gasteiger charge is 2.41. The molecule has 13 nitrogen and oxygen atoms in total. The van der Waals surface area contributed by atoms with Crippen molar-refractivity contribution in [1.29, 1.82) is 0 Å². The number of aromatic nitrogens is 4. The molecule has 0 saturated carbocycles. The lowest BCUT2D eigenvalue weighted by molar-refractivity contribution is -0.153. The van der Waals surface area contributed by atoms with E-state index in [1.807, 2.05) is 0 Å². The number of H-pyrrole nitrogens is 1. The molecule has 2 aromatic heterocycles. The molecule has 0 unspecified atom stereocenters. The number of esters is 1. The molecule has 1 N–H and O–H groups in total. The minimum atomic E-state index is -0.964. The maximum absolute atomic E-state index is 11.7. The standard InChI is InChI=1S/C17H21N5O8/c1-8(23)20-16-21-13-12(18-7-19-13)15(26-3)22(16)14-11(29-9(2)24)5-10(30-14)6-28-17(25)27-4/h7,10-11,14H,5-6H2,1-4H3,(H,18,19,20,21,23)/t10-,11+,14+/m0/s1. The summed E-state index contributed by atoms with van der Waals surface area (Å²) in [5.74, 6) is -0.835. The number of nitrogens with zero attached hydrogens (tertiary/aromatic N) is 4. The average Bonchev–Trinajstić information content (AvgIpc) is 3.30. The van der Waals surface area contributed by atoms with Crippen LogP contribution < -0.4 is 10.4 Å². The van der Waals surface area contributed by atoms with E-state index in [1.54, 1.807) is 0 Å². The molecule has 0 spiro atoms. The second kappa shape index (κ2) is 8.90. The van der Waals surface area contributed by atoms with Gasteiger partial charge in [0.25, 0.3) is 0 Å². The number of hydrogen-bond donors (Lipinski definition) is 1.